The zero-order chi connectivity index (χ0) is 16.5. The highest BCUT2D eigenvalue weighted by Gasteiger charge is 2.16. The van der Waals surface area contributed by atoms with Crippen molar-refractivity contribution < 1.29 is 0 Å². The lowest BCUT2D eigenvalue weighted by atomic mass is 9.84. The molecular weight excluding hydrogens is 296 g/mol. The van der Waals surface area contributed by atoms with Gasteiger partial charge in [-0.05, 0) is 49.0 Å². The van der Waals surface area contributed by atoms with Crippen LogP contribution in [-0.4, -0.2) is 19.5 Å². The highest BCUT2D eigenvalue weighted by atomic mass is 15.1. The molecule has 0 N–H and O–H groups in total. The van der Waals surface area contributed by atoms with Gasteiger partial charge in [-0.2, -0.15) is 0 Å². The molecule has 1 aromatic carbocycles. The van der Waals surface area contributed by atoms with E-state index in [2.05, 4.69) is 45.8 Å². The Hall–Kier alpha value is -2.49. The summed E-state index contributed by atoms with van der Waals surface area (Å²) in [6.45, 7) is 5.93. The van der Waals surface area contributed by atoms with E-state index in [4.69, 9.17) is 0 Å². The molecule has 4 nitrogen and oxygen atoms in total. The van der Waals surface area contributed by atoms with Crippen LogP contribution in [0.2, 0.25) is 0 Å². The van der Waals surface area contributed by atoms with Crippen LogP contribution in [-0.2, 0) is 0 Å². The fourth-order valence-corrected chi connectivity index (χ4v) is 3.68. The molecule has 1 aliphatic carbocycles. The van der Waals surface area contributed by atoms with Gasteiger partial charge in [-0.15, -0.1) is 0 Å². The Morgan fingerprint density at radius 2 is 1.79 bits per heavy atom. The average molecular weight is 318 g/mol. The first-order valence-corrected chi connectivity index (χ1v) is 8.68. The second-order valence-corrected chi connectivity index (χ2v) is 6.72. The molecule has 0 amide bonds. The van der Waals surface area contributed by atoms with E-state index in [1.807, 2.05) is 17.8 Å². The molecule has 4 heteroatoms. The van der Waals surface area contributed by atoms with E-state index >= 15 is 0 Å². The van der Waals surface area contributed by atoms with Crippen molar-refractivity contribution in [3.63, 3.8) is 0 Å². The first-order valence-electron chi connectivity index (χ1n) is 8.68. The van der Waals surface area contributed by atoms with Crippen molar-refractivity contribution in [1.82, 2.24) is 19.5 Å². The average Bonchev–Trinajstić information content (AvgIpc) is 3.06. The van der Waals surface area contributed by atoms with Gasteiger partial charge in [0.1, 0.15) is 18.2 Å². The van der Waals surface area contributed by atoms with Crippen LogP contribution in [0.4, 0.5) is 0 Å². The third kappa shape index (κ3) is 2.62. The fourth-order valence-electron chi connectivity index (χ4n) is 3.68. The van der Waals surface area contributed by atoms with Crippen molar-refractivity contribution in [1.29, 1.82) is 0 Å². The Morgan fingerprint density at radius 1 is 1.04 bits per heavy atom. The first-order chi connectivity index (χ1) is 11.7. The fraction of sp³-hybridized carbons (Fsp3) is 0.350. The quantitative estimate of drug-likeness (QED) is 0.690. The minimum absolute atomic E-state index is 0.727. The van der Waals surface area contributed by atoms with Gasteiger partial charge in [-0.1, -0.05) is 38.0 Å². The van der Waals surface area contributed by atoms with E-state index < -0.39 is 0 Å². The maximum absolute atomic E-state index is 4.51. The Morgan fingerprint density at radius 3 is 2.50 bits per heavy atom. The molecule has 122 valence electrons. The topological polar surface area (TPSA) is 43.6 Å². The van der Waals surface area contributed by atoms with Crippen LogP contribution < -0.4 is 0 Å². The highest BCUT2D eigenvalue weighted by molar-refractivity contribution is 5.84. The SMILES string of the molecule is C=C(C)c1ncnc2c1ncn2-c1ccc(C2CCCCC2)cc1. The second kappa shape index (κ2) is 6.19. The molecule has 0 bridgehead atoms. The van der Waals surface area contributed by atoms with E-state index in [-0.39, 0.29) is 0 Å². The number of imidazole rings is 1. The summed E-state index contributed by atoms with van der Waals surface area (Å²) in [4.78, 5) is 13.2. The maximum atomic E-state index is 4.51. The predicted molar refractivity (Wildman–Crippen MR) is 97.2 cm³/mol. The summed E-state index contributed by atoms with van der Waals surface area (Å²) in [5.41, 5.74) is 5.90. The summed E-state index contributed by atoms with van der Waals surface area (Å²) in [5.74, 6) is 0.727. The number of allylic oxidation sites excluding steroid dienone is 1. The van der Waals surface area contributed by atoms with Crippen LogP contribution >= 0.6 is 0 Å². The van der Waals surface area contributed by atoms with Gasteiger partial charge in [-0.3, -0.25) is 4.57 Å². The molecule has 1 saturated carbocycles. The number of hydrogen-bond donors (Lipinski definition) is 0. The summed E-state index contributed by atoms with van der Waals surface area (Å²) < 4.78 is 2.02. The molecule has 0 radical (unpaired) electrons. The van der Waals surface area contributed by atoms with Crippen LogP contribution in [0.5, 0.6) is 0 Å². The van der Waals surface area contributed by atoms with Crippen LogP contribution in [0.25, 0.3) is 22.4 Å². The number of fused-ring (bicyclic) bond motifs is 1. The van der Waals surface area contributed by atoms with E-state index in [1.54, 1.807) is 6.33 Å². The standard InChI is InChI=1S/C20H22N4/c1-14(2)18-19-20(22-12-21-18)24(13-23-19)17-10-8-16(9-11-17)15-6-4-3-5-7-15/h8-13,15H,1,3-7H2,2H3. The van der Waals surface area contributed by atoms with Crippen molar-refractivity contribution in [2.75, 3.05) is 0 Å². The van der Waals surface area contributed by atoms with Gasteiger partial charge in [-0.25, -0.2) is 15.0 Å². The van der Waals surface area contributed by atoms with Gasteiger partial charge in [0.25, 0.3) is 0 Å². The largest absolute Gasteiger partial charge is 0.283 e. The molecule has 2 aromatic heterocycles. The third-order valence-corrected chi connectivity index (χ3v) is 4.99. The van der Waals surface area contributed by atoms with Crippen molar-refractivity contribution in [3.05, 3.63) is 54.8 Å². The van der Waals surface area contributed by atoms with E-state index in [1.165, 1.54) is 37.7 Å². The van der Waals surface area contributed by atoms with Gasteiger partial charge < -0.3 is 0 Å². The minimum Gasteiger partial charge on any atom is -0.283 e. The number of rotatable bonds is 3. The van der Waals surface area contributed by atoms with Crippen molar-refractivity contribution >= 4 is 16.7 Å². The van der Waals surface area contributed by atoms with Gasteiger partial charge in [0.05, 0.1) is 5.69 Å². The number of benzene rings is 1. The Labute approximate surface area is 142 Å². The highest BCUT2D eigenvalue weighted by Crippen LogP contribution is 2.33. The molecule has 0 saturated heterocycles. The zero-order valence-corrected chi connectivity index (χ0v) is 14.1. The molecule has 2 heterocycles. The van der Waals surface area contributed by atoms with Crippen LogP contribution in [0.1, 0.15) is 56.2 Å². The summed E-state index contributed by atoms with van der Waals surface area (Å²) >= 11 is 0. The molecule has 0 aliphatic heterocycles. The zero-order valence-electron chi connectivity index (χ0n) is 14.1. The normalized spacial score (nSPS) is 15.7. The summed E-state index contributed by atoms with van der Waals surface area (Å²) in [7, 11) is 0. The third-order valence-electron chi connectivity index (χ3n) is 4.99. The molecule has 1 aliphatic rings. The Balaban J connectivity index is 1.70. The van der Waals surface area contributed by atoms with Crippen LogP contribution in [0.3, 0.4) is 0 Å². The first kappa shape index (κ1) is 15.1. The summed E-state index contributed by atoms with van der Waals surface area (Å²) in [5, 5.41) is 0. The van der Waals surface area contributed by atoms with E-state index in [0.717, 1.165) is 34.0 Å². The monoisotopic (exact) mass is 318 g/mol. The lowest BCUT2D eigenvalue weighted by Gasteiger charge is -2.22. The molecule has 3 aromatic rings. The smallest absolute Gasteiger partial charge is 0.168 e. The number of aromatic nitrogens is 4. The van der Waals surface area contributed by atoms with Crippen molar-refractivity contribution in [3.8, 4) is 5.69 Å². The van der Waals surface area contributed by atoms with Crippen molar-refractivity contribution in [2.24, 2.45) is 0 Å². The second-order valence-electron chi connectivity index (χ2n) is 6.72. The summed E-state index contributed by atoms with van der Waals surface area (Å²) in [6.07, 6.45) is 10.2. The lowest BCUT2D eigenvalue weighted by Crippen LogP contribution is -2.04. The Bertz CT molecular complexity index is 870. The van der Waals surface area contributed by atoms with Gasteiger partial charge in [0.2, 0.25) is 0 Å². The molecule has 4 rings (SSSR count). The van der Waals surface area contributed by atoms with Crippen LogP contribution in [0, 0.1) is 0 Å². The summed E-state index contributed by atoms with van der Waals surface area (Å²) in [6, 6.07) is 8.87. The molecule has 24 heavy (non-hydrogen) atoms. The molecular formula is C20H22N4. The minimum atomic E-state index is 0.727. The van der Waals surface area contributed by atoms with Crippen molar-refractivity contribution in [2.45, 2.75) is 44.9 Å². The van der Waals surface area contributed by atoms with Gasteiger partial charge >= 0.3 is 0 Å². The molecule has 0 unspecified atom stereocenters. The van der Waals surface area contributed by atoms with Gasteiger partial charge in [0, 0.05) is 5.69 Å². The lowest BCUT2D eigenvalue weighted by molar-refractivity contribution is 0.443. The number of nitrogens with zero attached hydrogens (tertiary/aromatic N) is 4. The van der Waals surface area contributed by atoms with E-state index in [0.29, 0.717) is 0 Å². The van der Waals surface area contributed by atoms with E-state index in [9.17, 15) is 0 Å². The molecule has 0 atom stereocenters. The number of hydrogen-bond acceptors (Lipinski definition) is 3. The van der Waals surface area contributed by atoms with Crippen LogP contribution in [0.15, 0.2) is 43.5 Å². The van der Waals surface area contributed by atoms with Gasteiger partial charge in [0.15, 0.2) is 5.65 Å². The molecule has 1 fully saturated rings. The Kier molecular flexibility index (Phi) is 3.89. The molecule has 0 spiro atoms. The predicted octanol–water partition coefficient (Wildman–Crippen LogP) is 4.90. The maximum Gasteiger partial charge on any atom is 0.168 e.